The van der Waals surface area contributed by atoms with E-state index in [0.29, 0.717) is 12.0 Å². The van der Waals surface area contributed by atoms with Gasteiger partial charge in [0.05, 0.1) is 7.11 Å². The van der Waals surface area contributed by atoms with E-state index in [1.54, 1.807) is 7.11 Å². The smallest absolute Gasteiger partial charge is 0.410 e. The number of hydrogen-bond donors (Lipinski definition) is 0. The lowest BCUT2D eigenvalue weighted by Gasteiger charge is -2.49. The monoisotopic (exact) mass is 345 g/mol. The fourth-order valence-corrected chi connectivity index (χ4v) is 4.27. The van der Waals surface area contributed by atoms with Crippen LogP contribution in [0.3, 0.4) is 0 Å². The molecule has 0 aromatic heterocycles. The molecule has 4 rings (SSSR count). The van der Waals surface area contributed by atoms with Crippen LogP contribution in [0.2, 0.25) is 0 Å². The zero-order valence-electron chi connectivity index (χ0n) is 16.0. The predicted molar refractivity (Wildman–Crippen MR) is 98.9 cm³/mol. The second-order valence-electron chi connectivity index (χ2n) is 8.51. The molecule has 1 saturated carbocycles. The van der Waals surface area contributed by atoms with Crippen molar-refractivity contribution in [2.45, 2.75) is 64.5 Å². The molecule has 3 atom stereocenters. The average molecular weight is 345 g/mol. The normalized spacial score (nSPS) is 25.8. The van der Waals surface area contributed by atoms with Crippen molar-refractivity contribution in [2.24, 2.45) is 11.8 Å². The van der Waals surface area contributed by atoms with Crippen molar-refractivity contribution < 1.29 is 14.3 Å². The highest BCUT2D eigenvalue weighted by atomic mass is 16.6. The molecule has 4 heteroatoms. The molecule has 0 spiro atoms. The summed E-state index contributed by atoms with van der Waals surface area (Å²) in [5.41, 5.74) is 0.952. The minimum Gasteiger partial charge on any atom is -0.497 e. The van der Waals surface area contributed by atoms with Gasteiger partial charge in [-0.05, 0) is 82.4 Å². The maximum Gasteiger partial charge on any atom is 0.410 e. The molecule has 1 aliphatic carbocycles. The minimum atomic E-state index is -0.415. The van der Waals surface area contributed by atoms with Gasteiger partial charge >= 0.3 is 6.09 Å². The van der Waals surface area contributed by atoms with Crippen molar-refractivity contribution in [1.29, 1.82) is 0 Å². The Balaban J connectivity index is 1.54. The highest BCUT2D eigenvalue weighted by Crippen LogP contribution is 2.42. The predicted octanol–water partition coefficient (Wildman–Crippen LogP) is 4.66. The second-order valence-corrected chi connectivity index (χ2v) is 8.51. The van der Waals surface area contributed by atoms with Crippen LogP contribution in [0.25, 0.3) is 0 Å². The fourth-order valence-electron chi connectivity index (χ4n) is 4.27. The molecule has 0 radical (unpaired) electrons. The molecule has 3 aliphatic rings. The highest BCUT2D eigenvalue weighted by molar-refractivity contribution is 5.69. The van der Waals surface area contributed by atoms with Crippen LogP contribution in [0, 0.1) is 11.8 Å². The van der Waals surface area contributed by atoms with Gasteiger partial charge in [-0.2, -0.15) is 0 Å². The average Bonchev–Trinajstić information content (AvgIpc) is 2.59. The zero-order valence-corrected chi connectivity index (χ0v) is 16.0. The second kappa shape index (κ2) is 7.27. The van der Waals surface area contributed by atoms with E-state index < -0.39 is 5.60 Å². The number of methoxy groups -OCH3 is 1. The molecule has 2 bridgehead atoms. The number of aryl methyl sites for hydroxylation is 1. The Morgan fingerprint density at radius 2 is 1.92 bits per heavy atom. The lowest BCUT2D eigenvalue weighted by Crippen LogP contribution is -2.55. The van der Waals surface area contributed by atoms with Crippen LogP contribution >= 0.6 is 0 Å². The molecule has 1 aromatic carbocycles. The van der Waals surface area contributed by atoms with Gasteiger partial charge in [-0.25, -0.2) is 4.79 Å². The first-order chi connectivity index (χ1) is 11.9. The first-order valence-corrected chi connectivity index (χ1v) is 9.48. The maximum atomic E-state index is 12.4. The van der Waals surface area contributed by atoms with Crippen molar-refractivity contribution in [3.63, 3.8) is 0 Å². The van der Waals surface area contributed by atoms with Crippen LogP contribution in [0.5, 0.6) is 5.75 Å². The molecule has 138 valence electrons. The number of amides is 1. The molecule has 1 aromatic rings. The highest BCUT2D eigenvalue weighted by Gasteiger charge is 2.43. The van der Waals surface area contributed by atoms with Crippen molar-refractivity contribution >= 4 is 6.09 Å². The van der Waals surface area contributed by atoms with E-state index in [1.807, 2.05) is 37.8 Å². The molecule has 1 amide bonds. The van der Waals surface area contributed by atoms with Crippen LogP contribution < -0.4 is 4.74 Å². The van der Waals surface area contributed by atoms with E-state index in [4.69, 9.17) is 9.47 Å². The Hall–Kier alpha value is -1.71. The molecule has 3 fully saturated rings. The molecule has 0 N–H and O–H groups in total. The number of benzene rings is 1. The minimum absolute atomic E-state index is 0.129. The lowest BCUT2D eigenvalue weighted by molar-refractivity contribution is -0.0300. The molecule has 2 saturated heterocycles. The topological polar surface area (TPSA) is 38.8 Å². The van der Waals surface area contributed by atoms with Gasteiger partial charge in [0.1, 0.15) is 11.4 Å². The standard InChI is InChI=1S/C21H31NO3/c1-21(2,3)25-20(23)22-14-17-9-10-18(22)13-16(17)8-5-15-6-11-19(24-4)12-7-15/h6-7,11-12,16-18H,5,8-10,13-14H2,1-4H3. The summed E-state index contributed by atoms with van der Waals surface area (Å²) in [5.74, 6) is 2.25. The first-order valence-electron chi connectivity index (χ1n) is 9.48. The van der Waals surface area contributed by atoms with E-state index in [2.05, 4.69) is 12.1 Å². The Labute approximate surface area is 151 Å². The van der Waals surface area contributed by atoms with Gasteiger partial charge in [-0.3, -0.25) is 0 Å². The third-order valence-electron chi connectivity index (χ3n) is 5.58. The van der Waals surface area contributed by atoms with Crippen LogP contribution in [0.15, 0.2) is 24.3 Å². The quantitative estimate of drug-likeness (QED) is 0.796. The third-order valence-corrected chi connectivity index (χ3v) is 5.58. The SMILES string of the molecule is COc1ccc(CCC2CC3CCC2CN3C(=O)OC(C)(C)C)cc1. The largest absolute Gasteiger partial charge is 0.497 e. The molecule has 25 heavy (non-hydrogen) atoms. The summed E-state index contributed by atoms with van der Waals surface area (Å²) in [7, 11) is 1.70. The van der Waals surface area contributed by atoms with Gasteiger partial charge in [-0.15, -0.1) is 0 Å². The summed E-state index contributed by atoms with van der Waals surface area (Å²) in [6, 6.07) is 8.75. The van der Waals surface area contributed by atoms with Gasteiger partial charge in [-0.1, -0.05) is 12.1 Å². The molecule has 2 aliphatic heterocycles. The number of nitrogens with zero attached hydrogens (tertiary/aromatic N) is 1. The number of fused-ring (bicyclic) bond motifs is 3. The fraction of sp³-hybridized carbons (Fsp3) is 0.667. The van der Waals surface area contributed by atoms with Gasteiger partial charge in [0.15, 0.2) is 0 Å². The maximum absolute atomic E-state index is 12.4. The molecule has 3 unspecified atom stereocenters. The number of hydrogen-bond acceptors (Lipinski definition) is 3. The summed E-state index contributed by atoms with van der Waals surface area (Å²) < 4.78 is 10.8. The summed E-state index contributed by atoms with van der Waals surface area (Å²) >= 11 is 0. The van der Waals surface area contributed by atoms with Gasteiger partial charge in [0.25, 0.3) is 0 Å². The van der Waals surface area contributed by atoms with Crippen molar-refractivity contribution in [3.8, 4) is 5.75 Å². The van der Waals surface area contributed by atoms with E-state index in [0.717, 1.165) is 37.5 Å². The molecule has 4 nitrogen and oxygen atoms in total. The number of rotatable bonds is 4. The summed E-state index contributed by atoms with van der Waals surface area (Å²) in [6.07, 6.45) is 5.68. The summed E-state index contributed by atoms with van der Waals surface area (Å²) in [5, 5.41) is 0. The number of piperidine rings is 2. The number of carbonyl (C=O) groups excluding carboxylic acids is 1. The summed E-state index contributed by atoms with van der Waals surface area (Å²) in [4.78, 5) is 14.4. The number of ether oxygens (including phenoxy) is 2. The van der Waals surface area contributed by atoms with E-state index >= 15 is 0 Å². The molecular weight excluding hydrogens is 314 g/mol. The Kier molecular flexibility index (Phi) is 5.26. The van der Waals surface area contributed by atoms with Crippen molar-refractivity contribution in [3.05, 3.63) is 29.8 Å². The van der Waals surface area contributed by atoms with E-state index in [1.165, 1.54) is 18.4 Å². The number of carbonyl (C=O) groups is 1. The lowest BCUT2D eigenvalue weighted by atomic mass is 9.70. The van der Waals surface area contributed by atoms with Crippen molar-refractivity contribution in [2.75, 3.05) is 13.7 Å². The van der Waals surface area contributed by atoms with Gasteiger partial charge in [0.2, 0.25) is 0 Å². The van der Waals surface area contributed by atoms with Gasteiger partial charge < -0.3 is 14.4 Å². The van der Waals surface area contributed by atoms with Gasteiger partial charge in [0, 0.05) is 12.6 Å². The zero-order chi connectivity index (χ0) is 18.0. The van der Waals surface area contributed by atoms with Crippen molar-refractivity contribution in [1.82, 2.24) is 4.90 Å². The summed E-state index contributed by atoms with van der Waals surface area (Å²) in [6.45, 7) is 6.67. The van der Waals surface area contributed by atoms with Crippen LogP contribution in [0.4, 0.5) is 4.79 Å². The Morgan fingerprint density at radius 3 is 2.48 bits per heavy atom. The van der Waals surface area contributed by atoms with Crippen LogP contribution in [0.1, 0.15) is 52.0 Å². The Bertz CT molecular complexity index is 590. The van der Waals surface area contributed by atoms with Crippen LogP contribution in [-0.2, 0) is 11.2 Å². The third kappa shape index (κ3) is 4.47. The molecule has 2 heterocycles. The molecular formula is C21H31NO3. The van der Waals surface area contributed by atoms with E-state index in [-0.39, 0.29) is 6.09 Å². The van der Waals surface area contributed by atoms with E-state index in [9.17, 15) is 4.79 Å². The van der Waals surface area contributed by atoms with Crippen LogP contribution in [-0.4, -0.2) is 36.3 Å². The Morgan fingerprint density at radius 1 is 1.20 bits per heavy atom. The first kappa shape index (κ1) is 18.1.